The maximum Gasteiger partial charge on any atom is 0.340 e. The lowest BCUT2D eigenvalue weighted by molar-refractivity contribution is 0.0695. The van der Waals surface area contributed by atoms with Crippen LogP contribution in [0.2, 0.25) is 0 Å². The zero-order valence-electron chi connectivity index (χ0n) is 14.5. The Balaban J connectivity index is 2.03. The van der Waals surface area contributed by atoms with Gasteiger partial charge in [0, 0.05) is 10.8 Å². The molecule has 0 radical (unpaired) electrons. The van der Waals surface area contributed by atoms with E-state index in [1.165, 1.54) is 0 Å². The largest absolute Gasteiger partial charge is 0.505 e. The number of hydrogen-bond donors (Lipinski definition) is 2. The second kappa shape index (κ2) is 5.45. The monoisotopic (exact) mass is 335 g/mol. The quantitative estimate of drug-likeness (QED) is 0.862. The van der Waals surface area contributed by atoms with Crippen molar-refractivity contribution in [2.24, 2.45) is 0 Å². The van der Waals surface area contributed by atoms with Gasteiger partial charge in [-0.05, 0) is 56.7 Å². The summed E-state index contributed by atoms with van der Waals surface area (Å²) in [5, 5.41) is 21.1. The maximum atomic E-state index is 11.9. The molecular weight excluding hydrogens is 314 g/mol. The van der Waals surface area contributed by atoms with Crippen LogP contribution < -0.4 is 0 Å². The van der Waals surface area contributed by atoms with Crippen LogP contribution in [0.3, 0.4) is 0 Å². The highest BCUT2D eigenvalue weighted by Crippen LogP contribution is 2.57. The number of aryl methyl sites for hydroxylation is 2. The van der Waals surface area contributed by atoms with E-state index in [9.17, 15) is 15.0 Å². The first-order chi connectivity index (χ1) is 11.9. The van der Waals surface area contributed by atoms with E-state index in [-0.39, 0.29) is 16.7 Å². The molecule has 0 amide bonds. The van der Waals surface area contributed by atoms with E-state index in [1.54, 1.807) is 6.07 Å². The number of nitrogens with zero attached hydrogens (tertiary/aromatic N) is 1. The van der Waals surface area contributed by atoms with Gasteiger partial charge in [-0.2, -0.15) is 0 Å². The van der Waals surface area contributed by atoms with E-state index >= 15 is 0 Å². The highest BCUT2D eigenvalue weighted by atomic mass is 16.4. The molecule has 1 saturated carbocycles. The Kier molecular flexibility index (Phi) is 3.46. The zero-order valence-corrected chi connectivity index (χ0v) is 14.5. The lowest BCUT2D eigenvalue weighted by Gasteiger charge is -2.22. The van der Waals surface area contributed by atoms with Crippen molar-refractivity contribution < 1.29 is 15.0 Å². The minimum absolute atomic E-state index is 0.0292. The van der Waals surface area contributed by atoms with Crippen molar-refractivity contribution in [3.05, 3.63) is 58.3 Å². The number of aromatic hydroxyl groups is 1. The van der Waals surface area contributed by atoms with Gasteiger partial charge in [0.2, 0.25) is 0 Å². The van der Waals surface area contributed by atoms with Crippen molar-refractivity contribution in [3.8, 4) is 5.75 Å². The van der Waals surface area contributed by atoms with Gasteiger partial charge in [0.1, 0.15) is 5.56 Å². The van der Waals surface area contributed by atoms with Gasteiger partial charge in [-0.15, -0.1) is 0 Å². The third-order valence-electron chi connectivity index (χ3n) is 5.36. The molecule has 0 atom stereocenters. The minimum atomic E-state index is -1.11. The number of hydrogen-bond acceptors (Lipinski definition) is 3. The van der Waals surface area contributed by atoms with Crippen LogP contribution in [0.15, 0.2) is 35.9 Å². The second-order valence-electron chi connectivity index (χ2n) is 7.19. The maximum absolute atomic E-state index is 11.9. The Hall–Kier alpha value is -2.62. The second-order valence-corrected chi connectivity index (χ2v) is 7.19. The number of carboxylic acids is 1. The molecule has 0 unspecified atom stereocenters. The van der Waals surface area contributed by atoms with E-state index < -0.39 is 5.97 Å². The van der Waals surface area contributed by atoms with E-state index in [2.05, 4.69) is 18.2 Å². The van der Waals surface area contributed by atoms with Crippen LogP contribution in [0, 0.1) is 13.8 Å². The van der Waals surface area contributed by atoms with Gasteiger partial charge >= 0.3 is 5.97 Å². The smallest absolute Gasteiger partial charge is 0.340 e. The van der Waals surface area contributed by atoms with Gasteiger partial charge in [-0.1, -0.05) is 29.9 Å². The van der Waals surface area contributed by atoms with E-state index in [0.29, 0.717) is 16.6 Å². The van der Waals surface area contributed by atoms with E-state index in [1.807, 2.05) is 19.9 Å². The fourth-order valence-corrected chi connectivity index (χ4v) is 4.02. The number of carbonyl (C=O) groups is 1. The molecule has 2 aliphatic rings. The van der Waals surface area contributed by atoms with Crippen LogP contribution in [-0.4, -0.2) is 21.2 Å². The molecule has 2 N–H and O–H groups in total. The van der Waals surface area contributed by atoms with Gasteiger partial charge < -0.3 is 10.2 Å². The lowest BCUT2D eigenvalue weighted by atomic mass is 9.86. The summed E-state index contributed by atoms with van der Waals surface area (Å²) in [7, 11) is 0. The Bertz CT molecular complexity index is 965. The van der Waals surface area contributed by atoms with Crippen molar-refractivity contribution in [1.29, 1.82) is 0 Å². The normalized spacial score (nSPS) is 18.2. The third kappa shape index (κ3) is 2.36. The summed E-state index contributed by atoms with van der Waals surface area (Å²) in [5.41, 5.74) is 3.87. The predicted molar refractivity (Wildman–Crippen MR) is 97.2 cm³/mol. The average molecular weight is 335 g/mol. The molecule has 0 bridgehead atoms. The number of carboxylic acid groups (broad SMARTS) is 1. The summed E-state index contributed by atoms with van der Waals surface area (Å²) >= 11 is 0. The molecule has 4 nitrogen and oxygen atoms in total. The van der Waals surface area contributed by atoms with E-state index in [4.69, 9.17) is 4.98 Å². The van der Waals surface area contributed by atoms with Gasteiger partial charge in [-0.3, -0.25) is 0 Å². The topological polar surface area (TPSA) is 70.4 Å². The molecule has 1 fully saturated rings. The summed E-state index contributed by atoms with van der Waals surface area (Å²) in [5.74, 6) is -1.29. The Morgan fingerprint density at radius 1 is 1.20 bits per heavy atom. The van der Waals surface area contributed by atoms with Gasteiger partial charge in [0.25, 0.3) is 0 Å². The first kappa shape index (κ1) is 15.9. The molecule has 1 aromatic carbocycles. The average Bonchev–Trinajstić information content (AvgIpc) is 3.36. The Morgan fingerprint density at radius 2 is 1.96 bits per heavy atom. The molecular formula is C21H21NO3. The Labute approximate surface area is 146 Å². The number of benzene rings is 1. The van der Waals surface area contributed by atoms with Crippen molar-refractivity contribution in [3.63, 3.8) is 0 Å². The van der Waals surface area contributed by atoms with Gasteiger partial charge in [0.05, 0.1) is 11.2 Å². The number of aromatic nitrogens is 1. The van der Waals surface area contributed by atoms with Crippen LogP contribution in [0.25, 0.3) is 10.9 Å². The lowest BCUT2D eigenvalue weighted by Crippen LogP contribution is -2.15. The summed E-state index contributed by atoms with van der Waals surface area (Å²) in [4.78, 5) is 16.7. The summed E-state index contributed by atoms with van der Waals surface area (Å²) in [6.07, 6.45) is 10.2. The molecule has 4 rings (SSSR count). The summed E-state index contributed by atoms with van der Waals surface area (Å²) in [6, 6.07) is 3.79. The van der Waals surface area contributed by atoms with Crippen LogP contribution >= 0.6 is 0 Å². The number of allylic oxidation sites excluding steroid dienone is 4. The number of fused-ring (bicyclic) bond motifs is 1. The first-order valence-electron chi connectivity index (χ1n) is 8.69. The highest BCUT2D eigenvalue weighted by molar-refractivity contribution is 6.06. The molecule has 25 heavy (non-hydrogen) atoms. The van der Waals surface area contributed by atoms with Crippen molar-refractivity contribution in [1.82, 2.24) is 4.98 Å². The predicted octanol–water partition coefficient (Wildman–Crippen LogP) is 4.56. The zero-order chi connectivity index (χ0) is 17.8. The molecule has 0 aliphatic heterocycles. The fourth-order valence-electron chi connectivity index (χ4n) is 4.02. The van der Waals surface area contributed by atoms with Crippen LogP contribution in [0.5, 0.6) is 5.75 Å². The highest BCUT2D eigenvalue weighted by Gasteiger charge is 2.50. The number of pyridine rings is 1. The molecule has 2 aromatic rings. The van der Waals surface area contributed by atoms with Crippen LogP contribution in [-0.2, 0) is 5.41 Å². The van der Waals surface area contributed by atoms with Crippen LogP contribution in [0.1, 0.15) is 52.9 Å². The third-order valence-corrected chi connectivity index (χ3v) is 5.36. The minimum Gasteiger partial charge on any atom is -0.505 e. The first-order valence-corrected chi connectivity index (χ1v) is 8.69. The molecule has 1 aromatic heterocycles. The molecule has 128 valence electrons. The van der Waals surface area contributed by atoms with Crippen molar-refractivity contribution in [2.45, 2.75) is 44.9 Å². The molecule has 4 heteroatoms. The number of rotatable bonds is 3. The fraction of sp³-hybridized carbons (Fsp3) is 0.333. The van der Waals surface area contributed by atoms with Crippen molar-refractivity contribution in [2.75, 3.05) is 0 Å². The van der Waals surface area contributed by atoms with Gasteiger partial charge in [0.15, 0.2) is 5.75 Å². The summed E-state index contributed by atoms with van der Waals surface area (Å²) < 4.78 is 0. The standard InChI is InChI=1S/C21H21NO3/c1-12-10-13(2)17-15(11-12)16(20(24)25)18(23)19(22-17)21(8-9-21)14-6-4-3-5-7-14/h4,6-7,10-11,23H,3,5,8-9H2,1-2H3,(H,24,25). The molecule has 2 aliphatic carbocycles. The SMILES string of the molecule is Cc1cc(C)c2nc(C3(C4=CCCC=C4)CC3)c(O)c(C(=O)O)c2c1. The molecule has 1 heterocycles. The number of aromatic carboxylic acids is 1. The van der Waals surface area contributed by atoms with Gasteiger partial charge in [-0.25, -0.2) is 9.78 Å². The Morgan fingerprint density at radius 3 is 2.56 bits per heavy atom. The molecule has 0 saturated heterocycles. The van der Waals surface area contributed by atoms with Crippen LogP contribution in [0.4, 0.5) is 0 Å². The molecule has 0 spiro atoms. The van der Waals surface area contributed by atoms with Crippen molar-refractivity contribution >= 4 is 16.9 Å². The van der Waals surface area contributed by atoms with E-state index in [0.717, 1.165) is 42.4 Å². The summed E-state index contributed by atoms with van der Waals surface area (Å²) in [6.45, 7) is 3.86.